The smallest absolute Gasteiger partial charge is 0.475 e. The zero-order valence-electron chi connectivity index (χ0n) is 21.2. The number of fused-ring (bicyclic) bond motifs is 1. The van der Waals surface area contributed by atoms with Gasteiger partial charge in [0.2, 0.25) is 0 Å². The minimum atomic E-state index is -5.08. The number of pyridine rings is 1. The minimum absolute atomic E-state index is 0.145. The highest BCUT2D eigenvalue weighted by atomic mass is 19.4. The fourth-order valence-corrected chi connectivity index (χ4v) is 3.43. The Bertz CT molecular complexity index is 939. The Morgan fingerprint density at radius 2 is 1.42 bits per heavy atom. The van der Waals surface area contributed by atoms with Gasteiger partial charge in [-0.1, -0.05) is 13.8 Å². The molecular weight excluding hydrogens is 526 g/mol. The Hall–Kier alpha value is -3.10. The first kappa shape index (κ1) is 32.9. The van der Waals surface area contributed by atoms with E-state index < -0.39 is 24.3 Å². The van der Waals surface area contributed by atoms with Gasteiger partial charge < -0.3 is 25.3 Å². The largest absolute Gasteiger partial charge is 0.490 e. The van der Waals surface area contributed by atoms with Gasteiger partial charge in [-0.2, -0.15) is 26.3 Å². The van der Waals surface area contributed by atoms with Crippen molar-refractivity contribution in [1.29, 1.82) is 0 Å². The van der Waals surface area contributed by atoms with Crippen LogP contribution in [0.25, 0.3) is 0 Å². The summed E-state index contributed by atoms with van der Waals surface area (Å²) in [4.78, 5) is 40.0. The van der Waals surface area contributed by atoms with Gasteiger partial charge in [-0.15, -0.1) is 0 Å². The predicted molar refractivity (Wildman–Crippen MR) is 125 cm³/mol. The number of rotatable bonds is 4. The number of nitrogens with one attached hydrogen (secondary N) is 1. The SMILES string of the molecule is CC(C)CNc1nc2c(cc1C(=O)N1CCCC1)CCN(C)CC2.O=C(O)C(F)(F)F.O=C(O)C(F)(F)F. The number of carboxylic acid groups (broad SMARTS) is 2. The monoisotopic (exact) mass is 558 g/mol. The topological polar surface area (TPSA) is 123 Å². The molecule has 1 aromatic rings. The summed E-state index contributed by atoms with van der Waals surface area (Å²) in [5, 5.41) is 17.7. The van der Waals surface area contributed by atoms with E-state index in [1.807, 2.05) is 4.90 Å². The summed E-state index contributed by atoms with van der Waals surface area (Å²) in [6, 6.07) is 2.12. The quantitative estimate of drug-likeness (QED) is 0.479. The van der Waals surface area contributed by atoms with E-state index >= 15 is 0 Å². The normalized spacial score (nSPS) is 15.9. The van der Waals surface area contributed by atoms with E-state index in [9.17, 15) is 31.1 Å². The van der Waals surface area contributed by atoms with E-state index in [1.54, 1.807) is 0 Å². The number of hydrogen-bond acceptors (Lipinski definition) is 6. The molecule has 0 saturated carbocycles. The van der Waals surface area contributed by atoms with Gasteiger partial charge in [0.25, 0.3) is 5.91 Å². The second-order valence-corrected chi connectivity index (χ2v) is 9.17. The fourth-order valence-electron chi connectivity index (χ4n) is 3.43. The molecule has 38 heavy (non-hydrogen) atoms. The van der Waals surface area contributed by atoms with Crippen LogP contribution in [0.3, 0.4) is 0 Å². The summed E-state index contributed by atoms with van der Waals surface area (Å²) in [7, 11) is 2.15. The van der Waals surface area contributed by atoms with E-state index in [4.69, 9.17) is 24.8 Å². The number of carbonyl (C=O) groups is 3. The van der Waals surface area contributed by atoms with E-state index in [0.29, 0.717) is 5.92 Å². The van der Waals surface area contributed by atoms with Crippen molar-refractivity contribution < 1.29 is 50.9 Å². The molecule has 15 heteroatoms. The van der Waals surface area contributed by atoms with Gasteiger partial charge in [0, 0.05) is 44.8 Å². The number of nitrogens with zero attached hydrogens (tertiary/aromatic N) is 3. The van der Waals surface area contributed by atoms with Crippen molar-refractivity contribution >= 4 is 23.7 Å². The lowest BCUT2D eigenvalue weighted by atomic mass is 10.0. The molecule has 0 aromatic carbocycles. The van der Waals surface area contributed by atoms with Crippen molar-refractivity contribution in [3.05, 3.63) is 22.9 Å². The number of likely N-dealkylation sites (tertiary alicyclic amines) is 1. The Morgan fingerprint density at radius 1 is 0.947 bits per heavy atom. The molecule has 2 aliphatic rings. The second-order valence-electron chi connectivity index (χ2n) is 9.17. The predicted octanol–water partition coefficient (Wildman–Crippen LogP) is 3.68. The van der Waals surface area contributed by atoms with Gasteiger partial charge in [0.15, 0.2) is 0 Å². The zero-order chi connectivity index (χ0) is 29.3. The van der Waals surface area contributed by atoms with Crippen LogP contribution >= 0.6 is 0 Å². The van der Waals surface area contributed by atoms with Crippen LogP contribution in [0.15, 0.2) is 6.07 Å². The summed E-state index contributed by atoms with van der Waals surface area (Å²) in [6.07, 6.45) is -6.00. The number of halogens is 6. The first-order chi connectivity index (χ1) is 17.4. The van der Waals surface area contributed by atoms with Gasteiger partial charge in [-0.3, -0.25) is 4.79 Å². The first-order valence-corrected chi connectivity index (χ1v) is 11.8. The lowest BCUT2D eigenvalue weighted by Crippen LogP contribution is -2.29. The zero-order valence-corrected chi connectivity index (χ0v) is 21.2. The number of carboxylic acids is 2. The van der Waals surface area contributed by atoms with Gasteiger partial charge in [-0.05, 0) is 43.9 Å². The highest BCUT2D eigenvalue weighted by molar-refractivity contribution is 5.99. The van der Waals surface area contributed by atoms with Crippen molar-refractivity contribution in [1.82, 2.24) is 14.8 Å². The third kappa shape index (κ3) is 11.1. The number of alkyl halides is 6. The van der Waals surface area contributed by atoms with E-state index in [-0.39, 0.29) is 5.91 Å². The Labute approximate surface area is 215 Å². The molecule has 1 aromatic heterocycles. The van der Waals surface area contributed by atoms with E-state index in [2.05, 4.69) is 37.2 Å². The number of aliphatic carboxylic acids is 2. The van der Waals surface area contributed by atoms with Crippen LogP contribution in [0.4, 0.5) is 32.2 Å². The van der Waals surface area contributed by atoms with Gasteiger partial charge in [0.1, 0.15) is 5.82 Å². The molecule has 3 rings (SSSR count). The first-order valence-electron chi connectivity index (χ1n) is 11.8. The highest BCUT2D eigenvalue weighted by Crippen LogP contribution is 2.24. The molecule has 1 saturated heterocycles. The summed E-state index contributed by atoms with van der Waals surface area (Å²) < 4.78 is 63.5. The standard InChI is InChI=1S/C19H30N4O.2C2HF3O2/c1-14(2)13-20-18-16(19(24)23-8-4-5-9-23)12-15-6-10-22(3)11-7-17(15)21-18;2*3-2(4,5)1(6)7/h12,14H,4-11,13H2,1-3H3,(H,20,21);2*(H,6,7). The van der Waals surface area contributed by atoms with Crippen molar-refractivity contribution in [2.45, 2.75) is 51.9 Å². The molecule has 0 aliphatic carbocycles. The van der Waals surface area contributed by atoms with Crippen LogP contribution in [0.1, 0.15) is 48.3 Å². The molecule has 0 spiro atoms. The average Bonchev–Trinajstić information content (AvgIpc) is 3.28. The van der Waals surface area contributed by atoms with E-state index in [0.717, 1.165) is 75.5 Å². The highest BCUT2D eigenvalue weighted by Gasteiger charge is 2.38. The Morgan fingerprint density at radius 3 is 1.87 bits per heavy atom. The van der Waals surface area contributed by atoms with Crippen LogP contribution in [0.5, 0.6) is 0 Å². The number of aromatic nitrogens is 1. The Kier molecular flexibility index (Phi) is 12.3. The van der Waals surface area contributed by atoms with Crippen LogP contribution in [0, 0.1) is 5.92 Å². The number of carbonyl (C=O) groups excluding carboxylic acids is 1. The maximum Gasteiger partial charge on any atom is 0.490 e. The van der Waals surface area contributed by atoms with Crippen molar-refractivity contribution in [2.75, 3.05) is 45.1 Å². The van der Waals surface area contributed by atoms with Gasteiger partial charge in [0.05, 0.1) is 5.56 Å². The molecule has 0 radical (unpaired) electrons. The summed E-state index contributed by atoms with van der Waals surface area (Å²) >= 11 is 0. The molecule has 1 amide bonds. The maximum atomic E-state index is 13.0. The molecular formula is C23H32F6N4O5. The van der Waals surface area contributed by atoms with Crippen LogP contribution in [0.2, 0.25) is 0 Å². The maximum absolute atomic E-state index is 13.0. The molecule has 3 N–H and O–H groups in total. The average molecular weight is 559 g/mol. The number of hydrogen-bond donors (Lipinski definition) is 3. The van der Waals surface area contributed by atoms with Crippen LogP contribution < -0.4 is 5.32 Å². The van der Waals surface area contributed by atoms with Crippen molar-refractivity contribution in [3.8, 4) is 0 Å². The summed E-state index contributed by atoms with van der Waals surface area (Å²) in [5.74, 6) is -4.07. The number of amides is 1. The molecule has 216 valence electrons. The third-order valence-electron chi connectivity index (χ3n) is 5.47. The molecule has 0 atom stereocenters. The lowest BCUT2D eigenvalue weighted by Gasteiger charge is -2.20. The minimum Gasteiger partial charge on any atom is -0.475 e. The van der Waals surface area contributed by atoms with Gasteiger partial charge >= 0.3 is 24.3 Å². The lowest BCUT2D eigenvalue weighted by molar-refractivity contribution is -0.193. The third-order valence-corrected chi connectivity index (χ3v) is 5.47. The van der Waals surface area contributed by atoms with Crippen LogP contribution in [-0.2, 0) is 22.4 Å². The van der Waals surface area contributed by atoms with Crippen LogP contribution in [-0.4, -0.2) is 95.0 Å². The van der Waals surface area contributed by atoms with Crippen molar-refractivity contribution in [2.24, 2.45) is 5.92 Å². The Balaban J connectivity index is 0.000000426. The molecule has 1 fully saturated rings. The molecule has 3 heterocycles. The number of anilines is 1. The second kappa shape index (κ2) is 14.2. The molecule has 0 bridgehead atoms. The van der Waals surface area contributed by atoms with Crippen molar-refractivity contribution in [3.63, 3.8) is 0 Å². The fraction of sp³-hybridized carbons (Fsp3) is 0.652. The molecule has 0 unspecified atom stereocenters. The molecule has 9 nitrogen and oxygen atoms in total. The van der Waals surface area contributed by atoms with Gasteiger partial charge in [-0.25, -0.2) is 14.6 Å². The summed E-state index contributed by atoms with van der Waals surface area (Å²) in [5.41, 5.74) is 3.17. The molecule has 2 aliphatic heterocycles. The van der Waals surface area contributed by atoms with E-state index in [1.165, 1.54) is 5.56 Å². The number of likely N-dealkylation sites (N-methyl/N-ethyl adjacent to an activating group) is 1. The summed E-state index contributed by atoms with van der Waals surface area (Å²) in [6.45, 7) is 9.01.